The van der Waals surface area contributed by atoms with Crippen LogP contribution in [0, 0.1) is 15.9 Å². The van der Waals surface area contributed by atoms with Gasteiger partial charge in [0, 0.05) is 31.4 Å². The number of nitro benzene ring substituents is 1. The molecule has 1 aromatic carbocycles. The van der Waals surface area contributed by atoms with Gasteiger partial charge in [0.2, 0.25) is 5.82 Å². The van der Waals surface area contributed by atoms with Gasteiger partial charge < -0.3 is 5.32 Å². The molecule has 21 heavy (non-hydrogen) atoms. The molecule has 0 bridgehead atoms. The van der Waals surface area contributed by atoms with E-state index in [0.29, 0.717) is 13.0 Å². The molecule has 8 heteroatoms. The fourth-order valence-electron chi connectivity index (χ4n) is 1.82. The van der Waals surface area contributed by atoms with E-state index in [1.165, 1.54) is 6.07 Å². The highest BCUT2D eigenvalue weighted by Crippen LogP contribution is 2.18. The number of nitrogens with zero attached hydrogens (tertiary/aromatic N) is 3. The molecule has 1 amide bonds. The summed E-state index contributed by atoms with van der Waals surface area (Å²) in [5, 5.41) is 17.2. The van der Waals surface area contributed by atoms with Crippen LogP contribution in [0.4, 0.5) is 10.1 Å². The summed E-state index contributed by atoms with van der Waals surface area (Å²) in [5.41, 5.74) is 0.298. The van der Waals surface area contributed by atoms with Crippen LogP contribution in [0.3, 0.4) is 0 Å². The van der Waals surface area contributed by atoms with Gasteiger partial charge in [0.25, 0.3) is 5.91 Å². The van der Waals surface area contributed by atoms with Gasteiger partial charge in [-0.1, -0.05) is 0 Å². The zero-order chi connectivity index (χ0) is 15.4. The van der Waals surface area contributed by atoms with Gasteiger partial charge >= 0.3 is 5.69 Å². The van der Waals surface area contributed by atoms with E-state index in [2.05, 4.69) is 10.4 Å². The second-order valence-corrected chi connectivity index (χ2v) is 4.45. The van der Waals surface area contributed by atoms with Crippen LogP contribution in [0.5, 0.6) is 0 Å². The summed E-state index contributed by atoms with van der Waals surface area (Å²) in [6.45, 7) is 0.357. The van der Waals surface area contributed by atoms with E-state index in [0.717, 1.165) is 17.7 Å². The quantitative estimate of drug-likeness (QED) is 0.667. The zero-order valence-corrected chi connectivity index (χ0v) is 11.2. The third kappa shape index (κ3) is 3.62. The van der Waals surface area contributed by atoms with Gasteiger partial charge in [-0.25, -0.2) is 0 Å². The summed E-state index contributed by atoms with van der Waals surface area (Å²) in [6, 6.07) is 3.05. The maximum Gasteiger partial charge on any atom is 0.305 e. The standard InChI is InChI=1S/C13H13FN4O3/c1-17-8-9(7-16-17)4-5-15-13(19)10-2-3-11(14)12(6-10)18(20)21/h2-3,6-8H,4-5H2,1H3,(H,15,19). The summed E-state index contributed by atoms with van der Waals surface area (Å²) >= 11 is 0. The number of amides is 1. The lowest BCUT2D eigenvalue weighted by Crippen LogP contribution is -2.25. The Morgan fingerprint density at radius 3 is 2.90 bits per heavy atom. The Bertz CT molecular complexity index is 684. The topological polar surface area (TPSA) is 90.1 Å². The van der Waals surface area contributed by atoms with Crippen molar-refractivity contribution in [3.05, 3.63) is 57.7 Å². The summed E-state index contributed by atoms with van der Waals surface area (Å²) in [5.74, 6) is -1.45. The van der Waals surface area contributed by atoms with E-state index >= 15 is 0 Å². The number of halogens is 1. The fourth-order valence-corrected chi connectivity index (χ4v) is 1.82. The lowest BCUT2D eigenvalue weighted by atomic mass is 10.1. The highest BCUT2D eigenvalue weighted by atomic mass is 19.1. The number of benzene rings is 1. The van der Waals surface area contributed by atoms with E-state index < -0.39 is 22.3 Å². The number of nitro groups is 1. The van der Waals surface area contributed by atoms with Gasteiger partial charge in [0.1, 0.15) is 0 Å². The molecular weight excluding hydrogens is 279 g/mol. The van der Waals surface area contributed by atoms with Crippen molar-refractivity contribution >= 4 is 11.6 Å². The van der Waals surface area contributed by atoms with Crippen molar-refractivity contribution in [1.82, 2.24) is 15.1 Å². The number of hydrogen-bond donors (Lipinski definition) is 1. The van der Waals surface area contributed by atoms with Crippen molar-refractivity contribution in [2.45, 2.75) is 6.42 Å². The molecule has 110 valence electrons. The molecule has 0 atom stereocenters. The predicted molar refractivity (Wildman–Crippen MR) is 72.3 cm³/mol. The molecule has 7 nitrogen and oxygen atoms in total. The Balaban J connectivity index is 1.97. The number of carbonyl (C=O) groups excluding carboxylic acids is 1. The second-order valence-electron chi connectivity index (χ2n) is 4.45. The normalized spacial score (nSPS) is 10.4. The van der Waals surface area contributed by atoms with Crippen LogP contribution < -0.4 is 5.32 Å². The van der Waals surface area contributed by atoms with E-state index in [-0.39, 0.29) is 5.56 Å². The van der Waals surface area contributed by atoms with E-state index in [1.54, 1.807) is 17.9 Å². The number of rotatable bonds is 5. The molecule has 0 spiro atoms. The van der Waals surface area contributed by atoms with Crippen molar-refractivity contribution in [3.8, 4) is 0 Å². The molecule has 0 unspecified atom stereocenters. The minimum atomic E-state index is -0.966. The first kappa shape index (κ1) is 14.6. The molecule has 2 rings (SSSR count). The molecule has 0 aliphatic heterocycles. The van der Waals surface area contributed by atoms with Gasteiger partial charge in [-0.3, -0.25) is 19.6 Å². The Labute approximate surface area is 119 Å². The van der Waals surface area contributed by atoms with Gasteiger partial charge in [0.05, 0.1) is 11.1 Å². The Kier molecular flexibility index (Phi) is 4.27. The summed E-state index contributed by atoms with van der Waals surface area (Å²) in [4.78, 5) is 21.6. The van der Waals surface area contributed by atoms with Gasteiger partial charge in [-0.15, -0.1) is 0 Å². The van der Waals surface area contributed by atoms with Gasteiger partial charge in [-0.2, -0.15) is 9.49 Å². The lowest BCUT2D eigenvalue weighted by molar-refractivity contribution is -0.387. The predicted octanol–water partition coefficient (Wildman–Crippen LogP) is 1.44. The molecule has 2 aromatic rings. The fraction of sp³-hybridized carbons (Fsp3) is 0.231. The first-order chi connectivity index (χ1) is 9.97. The average Bonchev–Trinajstić information content (AvgIpc) is 2.84. The van der Waals surface area contributed by atoms with Crippen molar-refractivity contribution in [2.24, 2.45) is 7.05 Å². The molecule has 0 saturated carbocycles. The maximum atomic E-state index is 13.2. The van der Waals surface area contributed by atoms with Crippen LogP contribution >= 0.6 is 0 Å². The zero-order valence-electron chi connectivity index (χ0n) is 11.2. The molecule has 0 saturated heterocycles. The van der Waals surface area contributed by atoms with Crippen LogP contribution in [0.2, 0.25) is 0 Å². The molecule has 0 aliphatic carbocycles. The van der Waals surface area contributed by atoms with E-state index in [4.69, 9.17) is 0 Å². The van der Waals surface area contributed by atoms with Crippen molar-refractivity contribution in [3.63, 3.8) is 0 Å². The van der Waals surface area contributed by atoms with E-state index in [1.807, 2.05) is 6.20 Å². The molecule has 1 aromatic heterocycles. The first-order valence-electron chi connectivity index (χ1n) is 6.17. The molecular formula is C13H13FN4O3. The summed E-state index contributed by atoms with van der Waals surface area (Å²) in [6.07, 6.45) is 4.10. The Morgan fingerprint density at radius 2 is 2.29 bits per heavy atom. The third-order valence-corrected chi connectivity index (χ3v) is 2.86. The number of nitrogens with one attached hydrogen (secondary N) is 1. The largest absolute Gasteiger partial charge is 0.352 e. The highest BCUT2D eigenvalue weighted by molar-refractivity contribution is 5.94. The number of carbonyl (C=O) groups is 1. The number of hydrogen-bond acceptors (Lipinski definition) is 4. The number of aryl methyl sites for hydroxylation is 1. The van der Waals surface area contributed by atoms with Gasteiger partial charge in [-0.05, 0) is 24.1 Å². The average molecular weight is 292 g/mol. The van der Waals surface area contributed by atoms with Crippen molar-refractivity contribution in [1.29, 1.82) is 0 Å². The second kappa shape index (κ2) is 6.12. The van der Waals surface area contributed by atoms with Gasteiger partial charge in [0.15, 0.2) is 0 Å². The summed E-state index contributed by atoms with van der Waals surface area (Å²) in [7, 11) is 1.79. The highest BCUT2D eigenvalue weighted by Gasteiger charge is 2.17. The van der Waals surface area contributed by atoms with Crippen LogP contribution in [-0.4, -0.2) is 27.2 Å². The Hall–Kier alpha value is -2.77. The monoisotopic (exact) mass is 292 g/mol. The van der Waals surface area contributed by atoms with Crippen molar-refractivity contribution < 1.29 is 14.1 Å². The summed E-state index contributed by atoms with van der Waals surface area (Å²) < 4.78 is 14.8. The smallest absolute Gasteiger partial charge is 0.305 e. The molecule has 0 aliphatic rings. The van der Waals surface area contributed by atoms with Crippen LogP contribution in [-0.2, 0) is 13.5 Å². The van der Waals surface area contributed by atoms with Crippen LogP contribution in [0.25, 0.3) is 0 Å². The minimum Gasteiger partial charge on any atom is -0.352 e. The maximum absolute atomic E-state index is 13.2. The third-order valence-electron chi connectivity index (χ3n) is 2.86. The van der Waals surface area contributed by atoms with E-state index in [9.17, 15) is 19.3 Å². The minimum absolute atomic E-state index is 0.0503. The van der Waals surface area contributed by atoms with Crippen LogP contribution in [0.15, 0.2) is 30.6 Å². The molecule has 0 radical (unpaired) electrons. The molecule has 1 heterocycles. The van der Waals surface area contributed by atoms with Crippen molar-refractivity contribution in [2.75, 3.05) is 6.54 Å². The first-order valence-corrected chi connectivity index (χ1v) is 6.17. The lowest BCUT2D eigenvalue weighted by Gasteiger charge is -2.04. The van der Waals surface area contributed by atoms with Crippen LogP contribution in [0.1, 0.15) is 15.9 Å². The molecule has 1 N–H and O–H groups in total. The number of aromatic nitrogens is 2. The Morgan fingerprint density at radius 1 is 1.52 bits per heavy atom. The SMILES string of the molecule is Cn1cc(CCNC(=O)c2ccc(F)c([N+](=O)[O-])c2)cn1. The molecule has 0 fully saturated rings.